The second kappa shape index (κ2) is 15.3. The van der Waals surface area contributed by atoms with E-state index in [1.54, 1.807) is 24.3 Å². The third-order valence-electron chi connectivity index (χ3n) is 12.0. The largest absolute Gasteiger partial charge is 0.490 e. The highest BCUT2D eigenvalue weighted by molar-refractivity contribution is 7.99. The maximum Gasteiger partial charge on any atom is 0.270 e. The van der Waals surface area contributed by atoms with Crippen LogP contribution in [0.25, 0.3) is 0 Å². The van der Waals surface area contributed by atoms with Crippen molar-refractivity contribution in [3.05, 3.63) is 75.8 Å². The lowest BCUT2D eigenvalue weighted by atomic mass is 9.91. The summed E-state index contributed by atoms with van der Waals surface area (Å²) >= 11 is 1.51. The van der Waals surface area contributed by atoms with Gasteiger partial charge in [-0.05, 0) is 61.7 Å². The number of ketones is 2. The number of hydrogen-bond acceptors (Lipinski definition) is 13. The van der Waals surface area contributed by atoms with Crippen molar-refractivity contribution in [1.82, 2.24) is 14.7 Å². The molecule has 2 aliphatic carbocycles. The van der Waals surface area contributed by atoms with Gasteiger partial charge in [-0.25, -0.2) is 0 Å². The monoisotopic (exact) mass is 780 g/mol. The molecule has 0 aromatic heterocycles. The Hall–Kier alpha value is -4.83. The zero-order chi connectivity index (χ0) is 38.5. The molecule has 292 valence electrons. The molecule has 56 heavy (non-hydrogen) atoms. The van der Waals surface area contributed by atoms with Gasteiger partial charge in [-0.15, -0.1) is 0 Å². The number of fused-ring (bicyclic) bond motifs is 3. The van der Waals surface area contributed by atoms with Crippen LogP contribution in [0.3, 0.4) is 0 Å². The van der Waals surface area contributed by atoms with E-state index in [2.05, 4.69) is 20.0 Å². The quantitative estimate of drug-likeness (QED) is 0.0959. The molecule has 6 aliphatic rings. The number of carbonyl (C=O) groups excluding carboxylic acids is 4. The zero-order valence-electron chi connectivity index (χ0n) is 31.0. The maximum atomic E-state index is 13.3. The highest BCUT2D eigenvalue weighted by Gasteiger charge is 2.44. The van der Waals surface area contributed by atoms with Gasteiger partial charge < -0.3 is 24.6 Å². The standard InChI is InChI=1S/C41H44N6O8S/c48-27-3-8-36(37(49)21-27)46-40(50)32-5-1-25(19-33(32)41(46)51)45-17-15-44(16-18-45)14-13-43-11-9-28(10-12-43)54-30-22-31(23-30)55-29-4-7-35-39(24-29)56-38-20-26(47(52)53)2-6-34(38)42-35/h1-2,4-7,19-20,24,28,30-31,36,42H,3,8-18,21-23H2. The van der Waals surface area contributed by atoms with Gasteiger partial charge in [-0.1, -0.05) is 11.8 Å². The van der Waals surface area contributed by atoms with Gasteiger partial charge in [0.15, 0.2) is 5.78 Å². The van der Waals surface area contributed by atoms with Gasteiger partial charge >= 0.3 is 0 Å². The third-order valence-corrected chi connectivity index (χ3v) is 13.1. The zero-order valence-corrected chi connectivity index (χ0v) is 31.8. The average Bonchev–Trinajstić information content (AvgIpc) is 3.43. The second-order valence-corrected chi connectivity index (χ2v) is 16.7. The van der Waals surface area contributed by atoms with Gasteiger partial charge in [0.05, 0.1) is 52.1 Å². The Morgan fingerprint density at radius 3 is 2.18 bits per heavy atom. The number of nitro benzene ring substituents is 1. The molecule has 4 fully saturated rings. The number of anilines is 3. The van der Waals surface area contributed by atoms with Gasteiger partial charge in [0.1, 0.15) is 17.6 Å². The molecule has 1 N–H and O–H groups in total. The summed E-state index contributed by atoms with van der Waals surface area (Å²) in [4.78, 5) is 71.6. The number of amides is 2. The number of likely N-dealkylation sites (tertiary alicyclic amines) is 1. The van der Waals surface area contributed by atoms with Crippen LogP contribution in [0.4, 0.5) is 22.7 Å². The molecule has 3 aromatic rings. The Balaban J connectivity index is 0.676. The molecule has 0 radical (unpaired) electrons. The van der Waals surface area contributed by atoms with Crippen LogP contribution in [0, 0.1) is 10.1 Å². The topological polar surface area (TPSA) is 155 Å². The summed E-state index contributed by atoms with van der Waals surface area (Å²) in [7, 11) is 0. The van der Waals surface area contributed by atoms with Crippen molar-refractivity contribution in [3.8, 4) is 5.75 Å². The van der Waals surface area contributed by atoms with E-state index < -0.39 is 17.9 Å². The van der Waals surface area contributed by atoms with Crippen molar-refractivity contribution < 1.29 is 33.6 Å². The van der Waals surface area contributed by atoms with Crippen LogP contribution in [0.15, 0.2) is 64.4 Å². The normalized spacial score (nSPS) is 24.3. The Labute approximate surface area is 328 Å². The first-order valence-corrected chi connectivity index (χ1v) is 20.4. The van der Waals surface area contributed by atoms with Gasteiger partial charge in [0, 0.05) is 99.2 Å². The number of hydrogen-bond donors (Lipinski definition) is 1. The first-order chi connectivity index (χ1) is 27.1. The van der Waals surface area contributed by atoms with Crippen LogP contribution >= 0.6 is 11.8 Å². The van der Waals surface area contributed by atoms with Crippen LogP contribution in [0.5, 0.6) is 5.75 Å². The number of ether oxygens (including phenoxy) is 2. The highest BCUT2D eigenvalue weighted by Crippen LogP contribution is 2.47. The lowest BCUT2D eigenvalue weighted by Gasteiger charge is -2.40. The summed E-state index contributed by atoms with van der Waals surface area (Å²) in [6.45, 7) is 7.50. The number of nitrogens with one attached hydrogen (secondary N) is 1. The van der Waals surface area contributed by atoms with Crippen LogP contribution in [0.1, 0.15) is 65.7 Å². The summed E-state index contributed by atoms with van der Waals surface area (Å²) in [5.41, 5.74) is 3.47. The molecule has 3 aromatic carbocycles. The lowest BCUT2D eigenvalue weighted by Crippen LogP contribution is -2.49. The maximum absolute atomic E-state index is 13.3. The van der Waals surface area contributed by atoms with E-state index in [0.29, 0.717) is 11.1 Å². The van der Waals surface area contributed by atoms with Gasteiger partial charge in [0.2, 0.25) is 0 Å². The average molecular weight is 781 g/mol. The smallest absolute Gasteiger partial charge is 0.270 e. The number of nitrogens with zero attached hydrogens (tertiary/aromatic N) is 5. The summed E-state index contributed by atoms with van der Waals surface area (Å²) in [5.74, 6) is -0.584. The van der Waals surface area contributed by atoms with Crippen molar-refractivity contribution in [2.24, 2.45) is 0 Å². The number of piperidine rings is 1. The van der Waals surface area contributed by atoms with Crippen LogP contribution < -0.4 is 15.0 Å². The predicted octanol–water partition coefficient (Wildman–Crippen LogP) is 5.30. The number of benzene rings is 3. The van der Waals surface area contributed by atoms with E-state index in [0.717, 1.165) is 116 Å². The molecule has 15 heteroatoms. The van der Waals surface area contributed by atoms with E-state index in [4.69, 9.17) is 9.47 Å². The van der Waals surface area contributed by atoms with E-state index in [1.165, 1.54) is 17.8 Å². The van der Waals surface area contributed by atoms with E-state index in [1.807, 2.05) is 24.3 Å². The minimum atomic E-state index is -0.856. The minimum absolute atomic E-state index is 0.0768. The van der Waals surface area contributed by atoms with Crippen LogP contribution in [-0.4, -0.2) is 120 Å². The van der Waals surface area contributed by atoms with Crippen LogP contribution in [-0.2, 0) is 14.3 Å². The fraction of sp³-hybridized carbons (Fsp3) is 0.463. The molecule has 14 nitrogen and oxygen atoms in total. The van der Waals surface area contributed by atoms with Crippen molar-refractivity contribution in [1.29, 1.82) is 0 Å². The molecule has 4 heterocycles. The number of nitro groups is 1. The summed E-state index contributed by atoms with van der Waals surface area (Å²) in [6, 6.07) is 15.4. The van der Waals surface area contributed by atoms with Crippen molar-refractivity contribution in [2.75, 3.05) is 62.6 Å². The molecule has 1 unspecified atom stereocenters. The fourth-order valence-corrected chi connectivity index (χ4v) is 9.72. The van der Waals surface area contributed by atoms with Gasteiger partial charge in [-0.3, -0.25) is 39.1 Å². The number of piperazine rings is 1. The Bertz CT molecular complexity index is 2090. The molecule has 4 aliphatic heterocycles. The Kier molecular flexibility index (Phi) is 10.0. The lowest BCUT2D eigenvalue weighted by molar-refractivity contribution is -0.385. The molecular weight excluding hydrogens is 737 g/mol. The highest BCUT2D eigenvalue weighted by atomic mass is 32.2. The first kappa shape index (κ1) is 36.8. The number of rotatable bonds is 10. The fourth-order valence-electron chi connectivity index (χ4n) is 8.67. The van der Waals surface area contributed by atoms with E-state index >= 15 is 0 Å². The predicted molar refractivity (Wildman–Crippen MR) is 208 cm³/mol. The van der Waals surface area contributed by atoms with E-state index in [9.17, 15) is 29.3 Å². The second-order valence-electron chi connectivity index (χ2n) is 15.6. The molecule has 2 saturated carbocycles. The molecular formula is C41H44N6O8S. The number of non-ortho nitro benzene ring substituents is 1. The molecule has 1 atom stereocenters. The van der Waals surface area contributed by atoms with Gasteiger partial charge in [-0.2, -0.15) is 0 Å². The number of Topliss-reactive ketones (excluding diaryl/α,β-unsaturated/α-hetero) is 2. The molecule has 0 bridgehead atoms. The van der Waals surface area contributed by atoms with E-state index in [-0.39, 0.29) is 59.8 Å². The molecule has 9 rings (SSSR count). The third kappa shape index (κ3) is 7.40. The van der Waals surface area contributed by atoms with Crippen molar-refractivity contribution >= 4 is 57.9 Å². The van der Waals surface area contributed by atoms with Gasteiger partial charge in [0.25, 0.3) is 17.5 Å². The summed E-state index contributed by atoms with van der Waals surface area (Å²) in [5, 5.41) is 14.6. The number of imide groups is 1. The summed E-state index contributed by atoms with van der Waals surface area (Å²) < 4.78 is 12.8. The molecule has 0 spiro atoms. The van der Waals surface area contributed by atoms with Crippen LogP contribution in [0.2, 0.25) is 0 Å². The Morgan fingerprint density at radius 1 is 0.750 bits per heavy atom. The SMILES string of the molecule is O=C1CCC(N2C(=O)c3ccc(N4CCN(CCN5CCC(OC6CC(Oc7ccc8c(c7)Sc7cc([N+](=O)[O-])ccc7N8)C6)CC5)CC4)cc3C2=O)C(=O)C1. The minimum Gasteiger partial charge on any atom is -0.490 e. The van der Waals surface area contributed by atoms with Crippen molar-refractivity contribution in [3.63, 3.8) is 0 Å². The first-order valence-electron chi connectivity index (χ1n) is 19.6. The Morgan fingerprint density at radius 2 is 1.45 bits per heavy atom. The molecule has 2 saturated heterocycles. The van der Waals surface area contributed by atoms with Crippen molar-refractivity contribution in [2.45, 2.75) is 79.1 Å². The number of carbonyl (C=O) groups is 4. The summed E-state index contributed by atoms with van der Waals surface area (Å²) in [6.07, 6.45) is 4.57. The molecule has 2 amide bonds.